The first kappa shape index (κ1) is 14.5. The van der Waals surface area contributed by atoms with E-state index >= 15 is 0 Å². The van der Waals surface area contributed by atoms with E-state index in [2.05, 4.69) is 36.3 Å². The molecule has 0 unspecified atom stereocenters. The van der Waals surface area contributed by atoms with Crippen LogP contribution >= 0.6 is 0 Å². The molecule has 3 nitrogen and oxygen atoms in total. The summed E-state index contributed by atoms with van der Waals surface area (Å²) in [7, 11) is 0. The van der Waals surface area contributed by atoms with Crippen molar-refractivity contribution in [3.05, 3.63) is 53.2 Å². The van der Waals surface area contributed by atoms with Crippen molar-refractivity contribution in [3.8, 4) is 11.6 Å². The van der Waals surface area contributed by atoms with E-state index in [1.54, 1.807) is 0 Å². The van der Waals surface area contributed by atoms with Crippen LogP contribution in [-0.2, 0) is 13.0 Å². The topological polar surface area (TPSA) is 34.1 Å². The third-order valence-electron chi connectivity index (χ3n) is 3.30. The molecule has 0 fully saturated rings. The number of pyridine rings is 1. The summed E-state index contributed by atoms with van der Waals surface area (Å²) in [5.41, 5.74) is 3.42. The van der Waals surface area contributed by atoms with E-state index in [9.17, 15) is 0 Å². The monoisotopic (exact) mass is 270 g/mol. The summed E-state index contributed by atoms with van der Waals surface area (Å²) >= 11 is 0. The molecule has 0 saturated carbocycles. The Morgan fingerprint density at radius 2 is 1.85 bits per heavy atom. The van der Waals surface area contributed by atoms with Crippen molar-refractivity contribution < 1.29 is 4.74 Å². The zero-order valence-electron chi connectivity index (χ0n) is 12.4. The second kappa shape index (κ2) is 7.06. The summed E-state index contributed by atoms with van der Waals surface area (Å²) in [6, 6.07) is 12.1. The normalized spacial score (nSPS) is 10.6. The largest absolute Gasteiger partial charge is 0.439 e. The van der Waals surface area contributed by atoms with Gasteiger partial charge in [0.1, 0.15) is 5.75 Å². The first-order chi connectivity index (χ1) is 9.74. The smallest absolute Gasteiger partial charge is 0.219 e. The third-order valence-corrected chi connectivity index (χ3v) is 3.30. The third kappa shape index (κ3) is 3.58. The average Bonchev–Trinajstić information content (AvgIpc) is 2.47. The molecule has 3 heteroatoms. The predicted octanol–water partition coefficient (Wildman–Crippen LogP) is 3.85. The molecule has 1 N–H and O–H groups in total. The molecule has 0 saturated heterocycles. The number of nitrogens with one attached hydrogen (secondary N) is 1. The van der Waals surface area contributed by atoms with Gasteiger partial charge >= 0.3 is 0 Å². The number of rotatable bonds is 6. The number of hydrogen-bond acceptors (Lipinski definition) is 3. The molecule has 0 aliphatic heterocycles. The molecule has 2 aromatic rings. The molecule has 0 amide bonds. The summed E-state index contributed by atoms with van der Waals surface area (Å²) in [5.74, 6) is 1.55. The van der Waals surface area contributed by atoms with Crippen molar-refractivity contribution in [3.63, 3.8) is 0 Å². The molecular formula is C17H22N2O. The highest BCUT2D eigenvalue weighted by molar-refractivity contribution is 5.36. The SMILES string of the molecule is CCNCc1ccc(Oc2ccccc2CC)nc1C. The Balaban J connectivity index is 2.16. The predicted molar refractivity (Wildman–Crippen MR) is 82.2 cm³/mol. The number of benzene rings is 1. The molecule has 1 aromatic carbocycles. The van der Waals surface area contributed by atoms with E-state index in [1.165, 1.54) is 11.1 Å². The molecule has 0 aliphatic carbocycles. The molecule has 106 valence electrons. The van der Waals surface area contributed by atoms with Gasteiger partial charge in [-0.05, 0) is 37.1 Å². The number of nitrogens with zero attached hydrogens (tertiary/aromatic N) is 1. The maximum atomic E-state index is 5.91. The van der Waals surface area contributed by atoms with Gasteiger partial charge in [-0.25, -0.2) is 4.98 Å². The zero-order chi connectivity index (χ0) is 14.4. The zero-order valence-corrected chi connectivity index (χ0v) is 12.4. The maximum Gasteiger partial charge on any atom is 0.219 e. The van der Waals surface area contributed by atoms with E-state index in [0.29, 0.717) is 5.88 Å². The first-order valence-corrected chi connectivity index (χ1v) is 7.17. The van der Waals surface area contributed by atoms with Crippen LogP contribution in [0.25, 0.3) is 0 Å². The molecular weight excluding hydrogens is 248 g/mol. The van der Waals surface area contributed by atoms with E-state index in [0.717, 1.165) is 31.0 Å². The van der Waals surface area contributed by atoms with Crippen LogP contribution in [-0.4, -0.2) is 11.5 Å². The quantitative estimate of drug-likeness (QED) is 0.865. The Bertz CT molecular complexity index is 567. The number of para-hydroxylation sites is 1. The van der Waals surface area contributed by atoms with Crippen LogP contribution in [0.15, 0.2) is 36.4 Å². The maximum absolute atomic E-state index is 5.91. The number of ether oxygens (including phenoxy) is 1. The molecule has 0 aliphatic rings. The van der Waals surface area contributed by atoms with Crippen molar-refractivity contribution in [2.24, 2.45) is 0 Å². The lowest BCUT2D eigenvalue weighted by molar-refractivity contribution is 0.455. The second-order valence-electron chi connectivity index (χ2n) is 4.74. The van der Waals surface area contributed by atoms with Gasteiger partial charge in [-0.3, -0.25) is 0 Å². The van der Waals surface area contributed by atoms with Gasteiger partial charge < -0.3 is 10.1 Å². The second-order valence-corrected chi connectivity index (χ2v) is 4.74. The lowest BCUT2D eigenvalue weighted by Crippen LogP contribution is -2.13. The fraction of sp³-hybridized carbons (Fsp3) is 0.353. The first-order valence-electron chi connectivity index (χ1n) is 7.17. The Kier molecular flexibility index (Phi) is 5.13. The van der Waals surface area contributed by atoms with Gasteiger partial charge in [0.2, 0.25) is 5.88 Å². The highest BCUT2D eigenvalue weighted by Crippen LogP contribution is 2.25. The summed E-state index contributed by atoms with van der Waals surface area (Å²) < 4.78 is 5.91. The molecule has 1 aromatic heterocycles. The van der Waals surface area contributed by atoms with Crippen LogP contribution in [0.5, 0.6) is 11.6 Å². The van der Waals surface area contributed by atoms with Gasteiger partial charge in [0.15, 0.2) is 0 Å². The molecule has 1 heterocycles. The Labute approximate surface area is 121 Å². The van der Waals surface area contributed by atoms with Crippen LogP contribution < -0.4 is 10.1 Å². The minimum Gasteiger partial charge on any atom is -0.439 e. The highest BCUT2D eigenvalue weighted by Gasteiger charge is 2.06. The Hall–Kier alpha value is -1.87. The summed E-state index contributed by atoms with van der Waals surface area (Å²) in [6.45, 7) is 8.05. The molecule has 2 rings (SSSR count). The standard InChI is InChI=1S/C17H22N2O/c1-4-14-8-6-7-9-16(14)20-17-11-10-15(12-18-5-2)13(3)19-17/h6-11,18H,4-5,12H2,1-3H3. The van der Waals surface area contributed by atoms with E-state index < -0.39 is 0 Å². The number of aromatic nitrogens is 1. The van der Waals surface area contributed by atoms with Crippen molar-refractivity contribution in [1.29, 1.82) is 0 Å². The van der Waals surface area contributed by atoms with Gasteiger partial charge in [-0.1, -0.05) is 38.1 Å². The number of aryl methyl sites for hydroxylation is 2. The minimum absolute atomic E-state index is 0.656. The Morgan fingerprint density at radius 3 is 2.55 bits per heavy atom. The minimum atomic E-state index is 0.656. The van der Waals surface area contributed by atoms with E-state index in [1.807, 2.05) is 31.2 Å². The van der Waals surface area contributed by atoms with Crippen molar-refractivity contribution in [1.82, 2.24) is 10.3 Å². The van der Waals surface area contributed by atoms with Gasteiger partial charge in [0.25, 0.3) is 0 Å². The molecule has 0 radical (unpaired) electrons. The van der Waals surface area contributed by atoms with Crippen LogP contribution in [0, 0.1) is 6.92 Å². The van der Waals surface area contributed by atoms with Gasteiger partial charge in [-0.2, -0.15) is 0 Å². The van der Waals surface area contributed by atoms with E-state index in [-0.39, 0.29) is 0 Å². The molecule has 0 atom stereocenters. The molecule has 20 heavy (non-hydrogen) atoms. The van der Waals surface area contributed by atoms with Gasteiger partial charge in [-0.15, -0.1) is 0 Å². The van der Waals surface area contributed by atoms with Gasteiger partial charge in [0, 0.05) is 18.3 Å². The lowest BCUT2D eigenvalue weighted by atomic mass is 10.1. The van der Waals surface area contributed by atoms with Gasteiger partial charge in [0.05, 0.1) is 0 Å². The van der Waals surface area contributed by atoms with E-state index in [4.69, 9.17) is 4.74 Å². The fourth-order valence-corrected chi connectivity index (χ4v) is 2.08. The van der Waals surface area contributed by atoms with Crippen LogP contribution in [0.1, 0.15) is 30.7 Å². The summed E-state index contributed by atoms with van der Waals surface area (Å²) in [4.78, 5) is 4.53. The van der Waals surface area contributed by atoms with Crippen molar-refractivity contribution >= 4 is 0 Å². The Morgan fingerprint density at radius 1 is 1.05 bits per heavy atom. The fourth-order valence-electron chi connectivity index (χ4n) is 2.08. The van der Waals surface area contributed by atoms with Crippen molar-refractivity contribution in [2.75, 3.05) is 6.54 Å². The molecule has 0 bridgehead atoms. The van der Waals surface area contributed by atoms with Crippen LogP contribution in [0.3, 0.4) is 0 Å². The summed E-state index contributed by atoms with van der Waals surface area (Å²) in [5, 5.41) is 3.31. The number of hydrogen-bond donors (Lipinski definition) is 1. The summed E-state index contributed by atoms with van der Waals surface area (Å²) in [6.07, 6.45) is 0.952. The lowest BCUT2D eigenvalue weighted by Gasteiger charge is -2.11. The van der Waals surface area contributed by atoms with Crippen LogP contribution in [0.4, 0.5) is 0 Å². The van der Waals surface area contributed by atoms with Crippen LogP contribution in [0.2, 0.25) is 0 Å². The van der Waals surface area contributed by atoms with Crippen molar-refractivity contribution in [2.45, 2.75) is 33.7 Å². The highest BCUT2D eigenvalue weighted by atomic mass is 16.5. The average molecular weight is 270 g/mol. The molecule has 0 spiro atoms.